The van der Waals surface area contributed by atoms with E-state index in [0.29, 0.717) is 19.3 Å². The Hall–Kier alpha value is -0.890. The topological polar surface area (TPSA) is 189 Å². The summed E-state index contributed by atoms with van der Waals surface area (Å²) in [5.41, 5.74) is 0. The monoisotopic (exact) mass is 649 g/mol. The number of aliphatic hydroxyl groups is 7. The summed E-state index contributed by atoms with van der Waals surface area (Å²) < 4.78 is 11.0. The molecule has 9 atom stereocenters. The molecule has 1 saturated heterocycles. The van der Waals surface area contributed by atoms with Crippen LogP contribution in [-0.4, -0.2) is 110 Å². The Balaban J connectivity index is 2.63. The van der Waals surface area contributed by atoms with Crippen LogP contribution in [0.1, 0.15) is 142 Å². The maximum atomic E-state index is 12.9. The van der Waals surface area contributed by atoms with Crippen LogP contribution in [0, 0.1) is 0 Å². The molecule has 45 heavy (non-hydrogen) atoms. The molecule has 268 valence electrons. The molecule has 8 N–H and O–H groups in total. The molecule has 11 heteroatoms. The standard InChI is InChI=1S/C34H67NO10/c1-3-5-7-9-11-13-15-17-19-21-26(37)29(39)25(24-44-34-32(42)31(41)30(40)28(23-36)45-34)35-33(43)27(38)22-20-18-16-14-12-10-8-6-4-2/h25-32,34,36-42H,3-24H2,1-2H3,(H,35,43). The molecule has 1 fully saturated rings. The van der Waals surface area contributed by atoms with E-state index in [-0.39, 0.29) is 6.42 Å². The van der Waals surface area contributed by atoms with Gasteiger partial charge >= 0.3 is 0 Å². The first kappa shape index (κ1) is 42.1. The van der Waals surface area contributed by atoms with Crippen LogP contribution >= 0.6 is 0 Å². The van der Waals surface area contributed by atoms with Gasteiger partial charge in [-0.3, -0.25) is 4.79 Å². The molecule has 0 aliphatic carbocycles. The van der Waals surface area contributed by atoms with Crippen molar-refractivity contribution in [1.82, 2.24) is 5.32 Å². The maximum absolute atomic E-state index is 12.9. The van der Waals surface area contributed by atoms with Gasteiger partial charge in [-0.1, -0.05) is 129 Å². The Kier molecular flexibility index (Phi) is 24.4. The molecule has 1 aliphatic heterocycles. The zero-order valence-electron chi connectivity index (χ0n) is 28.1. The fourth-order valence-corrected chi connectivity index (χ4v) is 5.79. The van der Waals surface area contributed by atoms with Crippen LogP contribution in [0.15, 0.2) is 0 Å². The molecule has 0 aromatic carbocycles. The number of aliphatic hydroxyl groups excluding tert-OH is 7. The van der Waals surface area contributed by atoms with Crippen molar-refractivity contribution >= 4 is 5.91 Å². The number of carbonyl (C=O) groups is 1. The Morgan fingerprint density at radius 1 is 0.689 bits per heavy atom. The van der Waals surface area contributed by atoms with Crippen molar-refractivity contribution in [3.63, 3.8) is 0 Å². The zero-order valence-corrected chi connectivity index (χ0v) is 28.1. The van der Waals surface area contributed by atoms with E-state index >= 15 is 0 Å². The summed E-state index contributed by atoms with van der Waals surface area (Å²) in [5, 5.41) is 74.8. The van der Waals surface area contributed by atoms with Gasteiger partial charge in [0.15, 0.2) is 6.29 Å². The maximum Gasteiger partial charge on any atom is 0.249 e. The van der Waals surface area contributed by atoms with Gasteiger partial charge in [-0.2, -0.15) is 0 Å². The summed E-state index contributed by atoms with van der Waals surface area (Å²) in [5.74, 6) is -0.703. The van der Waals surface area contributed by atoms with Gasteiger partial charge < -0.3 is 50.5 Å². The highest BCUT2D eigenvalue weighted by atomic mass is 16.7. The molecule has 1 heterocycles. The van der Waals surface area contributed by atoms with Gasteiger partial charge in [0.2, 0.25) is 5.91 Å². The summed E-state index contributed by atoms with van der Waals surface area (Å²) in [6.45, 7) is 3.34. The van der Waals surface area contributed by atoms with Crippen LogP contribution in [0.5, 0.6) is 0 Å². The van der Waals surface area contributed by atoms with E-state index in [4.69, 9.17) is 9.47 Å². The summed E-state index contributed by atoms with van der Waals surface area (Å²) in [7, 11) is 0. The lowest BCUT2D eigenvalue weighted by Crippen LogP contribution is -2.60. The van der Waals surface area contributed by atoms with Crippen LogP contribution in [0.2, 0.25) is 0 Å². The second kappa shape index (κ2) is 26.1. The van der Waals surface area contributed by atoms with E-state index in [1.165, 1.54) is 64.2 Å². The molecule has 11 nitrogen and oxygen atoms in total. The minimum Gasteiger partial charge on any atom is -0.394 e. The molecule has 1 rings (SSSR count). The van der Waals surface area contributed by atoms with Crippen molar-refractivity contribution in [3.05, 3.63) is 0 Å². The minimum absolute atomic E-state index is 0.263. The lowest BCUT2D eigenvalue weighted by molar-refractivity contribution is -0.303. The first-order chi connectivity index (χ1) is 21.7. The Bertz CT molecular complexity index is 714. The average Bonchev–Trinajstić information content (AvgIpc) is 3.04. The number of hydrogen-bond donors (Lipinski definition) is 8. The summed E-state index contributed by atoms with van der Waals surface area (Å²) in [4.78, 5) is 12.9. The molecule has 0 aromatic heterocycles. The van der Waals surface area contributed by atoms with Crippen molar-refractivity contribution < 1.29 is 50.0 Å². The third kappa shape index (κ3) is 17.7. The SMILES string of the molecule is CCCCCCCCCCCC(O)C(=O)NC(COC1OC(CO)C(O)C(O)C1O)C(O)C(O)CCCCCCCCCCC. The summed E-state index contributed by atoms with van der Waals surface area (Å²) in [6.07, 6.45) is 9.03. The number of rotatable bonds is 28. The Labute approximate surface area is 271 Å². The first-order valence-corrected chi connectivity index (χ1v) is 17.9. The lowest BCUT2D eigenvalue weighted by Gasteiger charge is -2.40. The molecule has 0 aromatic rings. The summed E-state index contributed by atoms with van der Waals surface area (Å²) in [6, 6.07) is -1.16. The van der Waals surface area contributed by atoms with Gasteiger partial charge in [0.05, 0.1) is 25.4 Å². The largest absolute Gasteiger partial charge is 0.394 e. The average molecular weight is 650 g/mol. The molecule has 1 aliphatic rings. The molecule has 0 spiro atoms. The van der Waals surface area contributed by atoms with Gasteiger partial charge in [-0.25, -0.2) is 0 Å². The molecular formula is C34H67NO10. The van der Waals surface area contributed by atoms with Gasteiger partial charge in [-0.15, -0.1) is 0 Å². The third-order valence-corrected chi connectivity index (χ3v) is 8.91. The van der Waals surface area contributed by atoms with Gasteiger partial charge in [0.25, 0.3) is 0 Å². The second-order valence-electron chi connectivity index (χ2n) is 13.0. The van der Waals surface area contributed by atoms with Crippen LogP contribution in [-0.2, 0) is 14.3 Å². The van der Waals surface area contributed by atoms with E-state index in [2.05, 4.69) is 19.2 Å². The fraction of sp³-hybridized carbons (Fsp3) is 0.971. The highest BCUT2D eigenvalue weighted by Crippen LogP contribution is 2.23. The zero-order chi connectivity index (χ0) is 33.5. The minimum atomic E-state index is -1.65. The number of nitrogens with one attached hydrogen (secondary N) is 1. The van der Waals surface area contributed by atoms with E-state index in [0.717, 1.165) is 38.5 Å². The molecular weight excluding hydrogens is 582 g/mol. The molecule has 0 bridgehead atoms. The predicted molar refractivity (Wildman–Crippen MR) is 173 cm³/mol. The number of amides is 1. The normalized spacial score (nSPS) is 24.7. The third-order valence-electron chi connectivity index (χ3n) is 8.91. The van der Waals surface area contributed by atoms with E-state index in [1.807, 2.05) is 0 Å². The van der Waals surface area contributed by atoms with Crippen LogP contribution in [0.25, 0.3) is 0 Å². The van der Waals surface area contributed by atoms with E-state index < -0.39 is 74.2 Å². The smallest absolute Gasteiger partial charge is 0.249 e. The summed E-state index contributed by atoms with van der Waals surface area (Å²) >= 11 is 0. The number of carbonyl (C=O) groups excluding carboxylic acids is 1. The molecule has 9 unspecified atom stereocenters. The highest BCUT2D eigenvalue weighted by molar-refractivity contribution is 5.80. The molecule has 1 amide bonds. The van der Waals surface area contributed by atoms with Crippen molar-refractivity contribution in [1.29, 1.82) is 0 Å². The number of unbranched alkanes of at least 4 members (excludes halogenated alkanes) is 16. The second-order valence-corrected chi connectivity index (χ2v) is 13.0. The Morgan fingerprint density at radius 3 is 1.64 bits per heavy atom. The van der Waals surface area contributed by atoms with E-state index in [1.54, 1.807) is 0 Å². The lowest BCUT2D eigenvalue weighted by atomic mass is 9.98. The van der Waals surface area contributed by atoms with Gasteiger partial charge in [0, 0.05) is 0 Å². The fourth-order valence-electron chi connectivity index (χ4n) is 5.79. The molecule has 0 radical (unpaired) electrons. The highest BCUT2D eigenvalue weighted by Gasteiger charge is 2.44. The molecule has 0 saturated carbocycles. The van der Waals surface area contributed by atoms with Crippen molar-refractivity contribution in [2.24, 2.45) is 0 Å². The first-order valence-electron chi connectivity index (χ1n) is 17.9. The van der Waals surface area contributed by atoms with Crippen molar-refractivity contribution in [2.75, 3.05) is 13.2 Å². The number of hydrogen-bond acceptors (Lipinski definition) is 10. The quantitative estimate of drug-likeness (QED) is 0.0585. The predicted octanol–water partition coefficient (Wildman–Crippen LogP) is 3.21. The van der Waals surface area contributed by atoms with Crippen molar-refractivity contribution in [3.8, 4) is 0 Å². The van der Waals surface area contributed by atoms with Gasteiger partial charge in [-0.05, 0) is 12.8 Å². The van der Waals surface area contributed by atoms with Crippen molar-refractivity contribution in [2.45, 2.75) is 197 Å². The van der Waals surface area contributed by atoms with Crippen LogP contribution < -0.4 is 5.32 Å². The van der Waals surface area contributed by atoms with Crippen LogP contribution in [0.3, 0.4) is 0 Å². The van der Waals surface area contributed by atoms with Gasteiger partial charge in [0.1, 0.15) is 36.6 Å². The van der Waals surface area contributed by atoms with Crippen LogP contribution in [0.4, 0.5) is 0 Å². The van der Waals surface area contributed by atoms with E-state index in [9.17, 15) is 40.5 Å². The Morgan fingerprint density at radius 2 is 1.16 bits per heavy atom. The number of ether oxygens (including phenoxy) is 2.